The summed E-state index contributed by atoms with van der Waals surface area (Å²) in [6.07, 6.45) is 5.15. The molecule has 0 saturated carbocycles. The predicted octanol–water partition coefficient (Wildman–Crippen LogP) is 1.50. The van der Waals surface area contributed by atoms with E-state index in [0.717, 1.165) is 5.69 Å². The van der Waals surface area contributed by atoms with Gasteiger partial charge in [-0.2, -0.15) is 0 Å². The van der Waals surface area contributed by atoms with Crippen LogP contribution in [0.3, 0.4) is 0 Å². The molecule has 19 heavy (non-hydrogen) atoms. The Bertz CT molecular complexity index is 558. The summed E-state index contributed by atoms with van der Waals surface area (Å²) in [5.41, 5.74) is 1.19. The minimum Gasteiger partial charge on any atom is -0.505 e. The van der Waals surface area contributed by atoms with Crippen LogP contribution in [0.5, 0.6) is 5.75 Å². The molecule has 0 radical (unpaired) electrons. The second kappa shape index (κ2) is 5.95. The number of aromatic nitrogens is 2. The van der Waals surface area contributed by atoms with Gasteiger partial charge in [-0.1, -0.05) is 6.07 Å². The van der Waals surface area contributed by atoms with Crippen molar-refractivity contribution in [2.45, 2.75) is 6.42 Å². The molecule has 1 N–H and O–H groups in total. The van der Waals surface area contributed by atoms with Gasteiger partial charge < -0.3 is 10.0 Å². The Balaban J connectivity index is 1.99. The van der Waals surface area contributed by atoms with E-state index in [4.69, 9.17) is 0 Å². The number of pyridine rings is 2. The maximum atomic E-state index is 12.1. The number of rotatable bonds is 4. The third kappa shape index (κ3) is 3.28. The third-order valence-corrected chi connectivity index (χ3v) is 2.81. The quantitative estimate of drug-likeness (QED) is 0.901. The van der Waals surface area contributed by atoms with E-state index in [-0.39, 0.29) is 17.2 Å². The first-order valence-corrected chi connectivity index (χ1v) is 5.97. The maximum Gasteiger partial charge on any atom is 0.257 e. The topological polar surface area (TPSA) is 66.3 Å². The molecule has 0 saturated heterocycles. The summed E-state index contributed by atoms with van der Waals surface area (Å²) in [7, 11) is 1.70. The van der Waals surface area contributed by atoms with Crippen molar-refractivity contribution in [3.63, 3.8) is 0 Å². The van der Waals surface area contributed by atoms with Crippen molar-refractivity contribution < 1.29 is 9.90 Å². The molecule has 0 spiro atoms. The minimum absolute atomic E-state index is 0.0998. The molecule has 0 aliphatic carbocycles. The average molecular weight is 257 g/mol. The summed E-state index contributed by atoms with van der Waals surface area (Å²) in [6, 6.07) is 7.20. The van der Waals surface area contributed by atoms with Crippen LogP contribution in [-0.4, -0.2) is 39.5 Å². The lowest BCUT2D eigenvalue weighted by atomic mass is 10.2. The lowest BCUT2D eigenvalue weighted by Crippen LogP contribution is -2.29. The van der Waals surface area contributed by atoms with Gasteiger partial charge in [-0.3, -0.25) is 14.8 Å². The monoisotopic (exact) mass is 257 g/mol. The van der Waals surface area contributed by atoms with Crippen molar-refractivity contribution in [2.24, 2.45) is 0 Å². The molecule has 2 aromatic heterocycles. The van der Waals surface area contributed by atoms with Crippen LogP contribution in [0.2, 0.25) is 0 Å². The SMILES string of the molecule is CN(CCc1ccccn1)C(=O)c1ccncc1O. The van der Waals surface area contributed by atoms with Crippen molar-refractivity contribution in [1.29, 1.82) is 0 Å². The van der Waals surface area contributed by atoms with E-state index in [9.17, 15) is 9.90 Å². The van der Waals surface area contributed by atoms with Crippen LogP contribution in [0.15, 0.2) is 42.9 Å². The van der Waals surface area contributed by atoms with E-state index < -0.39 is 0 Å². The normalized spacial score (nSPS) is 10.2. The highest BCUT2D eigenvalue weighted by atomic mass is 16.3. The standard InChI is InChI=1S/C14H15N3O2/c1-17(9-6-11-4-2-3-7-16-11)14(19)12-5-8-15-10-13(12)18/h2-5,7-8,10,18H,6,9H2,1H3. The molecule has 0 unspecified atom stereocenters. The molecule has 5 nitrogen and oxygen atoms in total. The van der Waals surface area contributed by atoms with Crippen LogP contribution in [0.4, 0.5) is 0 Å². The molecule has 0 fully saturated rings. The van der Waals surface area contributed by atoms with Crippen molar-refractivity contribution in [2.75, 3.05) is 13.6 Å². The van der Waals surface area contributed by atoms with Gasteiger partial charge in [-0.25, -0.2) is 0 Å². The Morgan fingerprint density at radius 3 is 2.84 bits per heavy atom. The maximum absolute atomic E-state index is 12.1. The van der Waals surface area contributed by atoms with Crippen molar-refractivity contribution in [1.82, 2.24) is 14.9 Å². The molecule has 5 heteroatoms. The number of carbonyl (C=O) groups is 1. The first-order chi connectivity index (χ1) is 9.18. The third-order valence-electron chi connectivity index (χ3n) is 2.81. The van der Waals surface area contributed by atoms with Crippen LogP contribution in [0.1, 0.15) is 16.1 Å². The zero-order chi connectivity index (χ0) is 13.7. The lowest BCUT2D eigenvalue weighted by molar-refractivity contribution is 0.0793. The summed E-state index contributed by atoms with van der Waals surface area (Å²) < 4.78 is 0. The zero-order valence-corrected chi connectivity index (χ0v) is 10.7. The van der Waals surface area contributed by atoms with Crippen LogP contribution in [0, 0.1) is 0 Å². The summed E-state index contributed by atoms with van der Waals surface area (Å²) in [5.74, 6) is -0.326. The molecular weight excluding hydrogens is 242 g/mol. The van der Waals surface area contributed by atoms with Gasteiger partial charge in [0.25, 0.3) is 5.91 Å². The summed E-state index contributed by atoms with van der Waals surface area (Å²) >= 11 is 0. The fourth-order valence-electron chi connectivity index (χ4n) is 1.70. The summed E-state index contributed by atoms with van der Waals surface area (Å²) in [4.78, 5) is 21.6. The van der Waals surface area contributed by atoms with Crippen molar-refractivity contribution >= 4 is 5.91 Å². The largest absolute Gasteiger partial charge is 0.505 e. The Labute approximate surface area is 111 Å². The first-order valence-electron chi connectivity index (χ1n) is 5.97. The highest BCUT2D eigenvalue weighted by Crippen LogP contribution is 2.15. The van der Waals surface area contributed by atoms with Gasteiger partial charge in [0.15, 0.2) is 0 Å². The molecule has 2 heterocycles. The van der Waals surface area contributed by atoms with Crippen LogP contribution in [-0.2, 0) is 6.42 Å². The van der Waals surface area contributed by atoms with Crippen molar-refractivity contribution in [3.05, 3.63) is 54.1 Å². The molecule has 98 valence electrons. The van der Waals surface area contributed by atoms with Crippen molar-refractivity contribution in [3.8, 4) is 5.75 Å². The second-order valence-electron chi connectivity index (χ2n) is 4.19. The molecule has 0 aliphatic rings. The smallest absolute Gasteiger partial charge is 0.257 e. The highest BCUT2D eigenvalue weighted by Gasteiger charge is 2.15. The average Bonchev–Trinajstić information content (AvgIpc) is 2.45. The van der Waals surface area contributed by atoms with E-state index in [1.165, 1.54) is 18.5 Å². The van der Waals surface area contributed by atoms with Gasteiger partial charge in [-0.05, 0) is 18.2 Å². The van der Waals surface area contributed by atoms with Crippen LogP contribution in [0.25, 0.3) is 0 Å². The van der Waals surface area contributed by atoms with E-state index in [1.54, 1.807) is 18.1 Å². The Kier molecular flexibility index (Phi) is 4.07. The van der Waals surface area contributed by atoms with Crippen LogP contribution >= 0.6 is 0 Å². The van der Waals surface area contributed by atoms with Gasteiger partial charge in [-0.15, -0.1) is 0 Å². The Morgan fingerprint density at radius 1 is 1.32 bits per heavy atom. The van der Waals surface area contributed by atoms with Gasteiger partial charge in [0.2, 0.25) is 0 Å². The Hall–Kier alpha value is -2.43. The fraction of sp³-hybridized carbons (Fsp3) is 0.214. The van der Waals surface area contributed by atoms with E-state index in [0.29, 0.717) is 13.0 Å². The van der Waals surface area contributed by atoms with Gasteiger partial charge in [0, 0.05) is 38.1 Å². The second-order valence-corrected chi connectivity index (χ2v) is 4.19. The fourth-order valence-corrected chi connectivity index (χ4v) is 1.70. The van der Waals surface area contributed by atoms with Gasteiger partial charge in [0.1, 0.15) is 5.75 Å². The lowest BCUT2D eigenvalue weighted by Gasteiger charge is -2.17. The highest BCUT2D eigenvalue weighted by molar-refractivity contribution is 5.96. The molecular formula is C14H15N3O2. The molecule has 0 aromatic carbocycles. The molecule has 2 rings (SSSR count). The molecule has 0 atom stereocenters. The molecule has 0 bridgehead atoms. The minimum atomic E-state index is -0.226. The van der Waals surface area contributed by atoms with E-state index in [2.05, 4.69) is 9.97 Å². The van der Waals surface area contributed by atoms with E-state index in [1.807, 2.05) is 18.2 Å². The van der Waals surface area contributed by atoms with E-state index >= 15 is 0 Å². The molecule has 0 aliphatic heterocycles. The number of hydrogen-bond donors (Lipinski definition) is 1. The van der Waals surface area contributed by atoms with Gasteiger partial charge in [0.05, 0.1) is 11.8 Å². The Morgan fingerprint density at radius 2 is 2.16 bits per heavy atom. The zero-order valence-electron chi connectivity index (χ0n) is 10.7. The predicted molar refractivity (Wildman–Crippen MR) is 70.8 cm³/mol. The van der Waals surface area contributed by atoms with Crippen LogP contribution < -0.4 is 0 Å². The summed E-state index contributed by atoms with van der Waals surface area (Å²) in [6.45, 7) is 0.539. The number of amides is 1. The molecule has 1 amide bonds. The summed E-state index contributed by atoms with van der Waals surface area (Å²) in [5, 5.41) is 9.59. The molecule has 2 aromatic rings. The van der Waals surface area contributed by atoms with Gasteiger partial charge >= 0.3 is 0 Å². The number of carbonyl (C=O) groups excluding carboxylic acids is 1. The number of nitrogens with zero attached hydrogens (tertiary/aromatic N) is 3. The number of aromatic hydroxyl groups is 1. The number of likely N-dealkylation sites (N-methyl/N-ethyl adjacent to an activating group) is 1. The first kappa shape index (κ1) is 13.0. The number of hydrogen-bond acceptors (Lipinski definition) is 4.